The number of esters is 1. The van der Waals surface area contributed by atoms with Gasteiger partial charge in [-0.3, -0.25) is 4.79 Å². The Bertz CT molecular complexity index is 505. The van der Waals surface area contributed by atoms with Crippen molar-refractivity contribution in [3.05, 3.63) is 30.5 Å². The van der Waals surface area contributed by atoms with E-state index in [-0.39, 0.29) is 5.97 Å². The van der Waals surface area contributed by atoms with Crippen molar-refractivity contribution in [2.45, 2.75) is 12.8 Å². The summed E-state index contributed by atoms with van der Waals surface area (Å²) in [5.41, 5.74) is 2.19. The van der Waals surface area contributed by atoms with E-state index in [1.165, 1.54) is 12.5 Å². The molecule has 17 heavy (non-hydrogen) atoms. The van der Waals surface area contributed by atoms with Crippen LogP contribution in [0.3, 0.4) is 0 Å². The molecule has 0 aliphatic carbocycles. The largest absolute Gasteiger partial charge is 0.469 e. The summed E-state index contributed by atoms with van der Waals surface area (Å²) < 4.78 is 4.58. The zero-order valence-corrected chi connectivity index (χ0v) is 9.82. The van der Waals surface area contributed by atoms with Gasteiger partial charge in [0.2, 0.25) is 0 Å². The third-order valence-electron chi connectivity index (χ3n) is 2.69. The van der Waals surface area contributed by atoms with Gasteiger partial charge in [-0.25, -0.2) is 0 Å². The number of aromatic amines is 1. The van der Waals surface area contributed by atoms with Crippen molar-refractivity contribution in [3.8, 4) is 0 Å². The fourth-order valence-electron chi connectivity index (χ4n) is 1.78. The first-order chi connectivity index (χ1) is 8.31. The summed E-state index contributed by atoms with van der Waals surface area (Å²) in [7, 11) is 1.41. The number of anilines is 1. The number of hydrogen-bond acceptors (Lipinski definition) is 3. The number of aromatic nitrogens is 1. The van der Waals surface area contributed by atoms with Crippen LogP contribution in [0.25, 0.3) is 10.9 Å². The third kappa shape index (κ3) is 2.78. The molecule has 0 unspecified atom stereocenters. The average Bonchev–Trinajstić information content (AvgIpc) is 2.78. The quantitative estimate of drug-likeness (QED) is 0.615. The van der Waals surface area contributed by atoms with Gasteiger partial charge < -0.3 is 15.0 Å². The van der Waals surface area contributed by atoms with Crippen molar-refractivity contribution in [2.24, 2.45) is 0 Å². The lowest BCUT2D eigenvalue weighted by Crippen LogP contribution is -2.06. The Hall–Kier alpha value is -1.97. The number of carbonyl (C=O) groups is 1. The lowest BCUT2D eigenvalue weighted by Gasteiger charge is -2.04. The number of methoxy groups -OCH3 is 1. The maximum absolute atomic E-state index is 10.9. The van der Waals surface area contributed by atoms with E-state index in [0.717, 1.165) is 24.2 Å². The van der Waals surface area contributed by atoms with E-state index in [1.54, 1.807) is 0 Å². The number of rotatable bonds is 5. The lowest BCUT2D eigenvalue weighted by atomic mass is 10.2. The SMILES string of the molecule is COC(=O)CCCNc1c[nH]c2ccccc12. The number of ether oxygens (including phenoxy) is 1. The van der Waals surface area contributed by atoms with Crippen molar-refractivity contribution < 1.29 is 9.53 Å². The number of carbonyl (C=O) groups excluding carboxylic acids is 1. The summed E-state index contributed by atoms with van der Waals surface area (Å²) >= 11 is 0. The van der Waals surface area contributed by atoms with Gasteiger partial charge in [0.15, 0.2) is 0 Å². The van der Waals surface area contributed by atoms with Crippen LogP contribution in [0.2, 0.25) is 0 Å². The average molecular weight is 232 g/mol. The molecule has 0 aliphatic rings. The zero-order valence-electron chi connectivity index (χ0n) is 9.82. The molecule has 2 aromatic rings. The molecule has 2 N–H and O–H groups in total. The summed E-state index contributed by atoms with van der Waals surface area (Å²) in [4.78, 5) is 14.1. The van der Waals surface area contributed by atoms with Gasteiger partial charge in [0.25, 0.3) is 0 Å². The van der Waals surface area contributed by atoms with Gasteiger partial charge in [0, 0.05) is 30.1 Å². The Morgan fingerprint density at radius 2 is 2.24 bits per heavy atom. The monoisotopic (exact) mass is 232 g/mol. The molecular weight excluding hydrogens is 216 g/mol. The number of benzene rings is 1. The van der Waals surface area contributed by atoms with Gasteiger partial charge in [0.05, 0.1) is 12.8 Å². The minimum Gasteiger partial charge on any atom is -0.469 e. The smallest absolute Gasteiger partial charge is 0.305 e. The molecule has 0 amide bonds. The van der Waals surface area contributed by atoms with Crippen LogP contribution in [0, 0.1) is 0 Å². The normalized spacial score (nSPS) is 10.4. The molecule has 0 aliphatic heterocycles. The summed E-state index contributed by atoms with van der Waals surface area (Å²) in [6.07, 6.45) is 3.17. The second-order valence-corrected chi connectivity index (χ2v) is 3.85. The third-order valence-corrected chi connectivity index (χ3v) is 2.69. The number of nitrogens with one attached hydrogen (secondary N) is 2. The topological polar surface area (TPSA) is 54.1 Å². The van der Waals surface area contributed by atoms with Crippen LogP contribution in [0.1, 0.15) is 12.8 Å². The number of para-hydroxylation sites is 1. The summed E-state index contributed by atoms with van der Waals surface area (Å²) in [6, 6.07) is 8.11. The Morgan fingerprint density at radius 1 is 1.41 bits per heavy atom. The Kier molecular flexibility index (Phi) is 3.65. The van der Waals surface area contributed by atoms with E-state index in [1.807, 2.05) is 24.4 Å². The van der Waals surface area contributed by atoms with Gasteiger partial charge in [-0.05, 0) is 12.5 Å². The molecule has 4 heteroatoms. The molecule has 1 aromatic carbocycles. The molecule has 0 spiro atoms. The second-order valence-electron chi connectivity index (χ2n) is 3.85. The maximum Gasteiger partial charge on any atom is 0.305 e. The standard InChI is InChI=1S/C13H16N2O2/c1-17-13(16)7-4-8-14-12-9-15-11-6-3-2-5-10(11)12/h2-3,5-6,9,14-15H,4,7-8H2,1H3. The molecule has 2 rings (SSSR count). The van der Waals surface area contributed by atoms with Crippen molar-refractivity contribution in [1.29, 1.82) is 0 Å². The molecule has 4 nitrogen and oxygen atoms in total. The van der Waals surface area contributed by atoms with Gasteiger partial charge in [-0.15, -0.1) is 0 Å². The Morgan fingerprint density at radius 3 is 3.06 bits per heavy atom. The minimum absolute atomic E-state index is 0.161. The molecular formula is C13H16N2O2. The van der Waals surface area contributed by atoms with Crippen molar-refractivity contribution >= 4 is 22.6 Å². The van der Waals surface area contributed by atoms with E-state index in [4.69, 9.17) is 0 Å². The first kappa shape index (κ1) is 11.5. The maximum atomic E-state index is 10.9. The van der Waals surface area contributed by atoms with Gasteiger partial charge in [0.1, 0.15) is 0 Å². The van der Waals surface area contributed by atoms with Crippen LogP contribution in [0.4, 0.5) is 5.69 Å². The fourth-order valence-corrected chi connectivity index (χ4v) is 1.78. The molecule has 0 fully saturated rings. The van der Waals surface area contributed by atoms with E-state index < -0.39 is 0 Å². The molecule has 0 saturated heterocycles. The van der Waals surface area contributed by atoms with Crippen molar-refractivity contribution in [2.75, 3.05) is 19.0 Å². The highest BCUT2D eigenvalue weighted by atomic mass is 16.5. The van der Waals surface area contributed by atoms with E-state index in [2.05, 4.69) is 21.1 Å². The molecule has 1 aromatic heterocycles. The van der Waals surface area contributed by atoms with Crippen molar-refractivity contribution in [3.63, 3.8) is 0 Å². The van der Waals surface area contributed by atoms with E-state index in [0.29, 0.717) is 6.42 Å². The van der Waals surface area contributed by atoms with Crippen LogP contribution >= 0.6 is 0 Å². The molecule has 0 radical (unpaired) electrons. The summed E-state index contributed by atoms with van der Waals surface area (Å²) in [5.74, 6) is -0.161. The predicted molar refractivity (Wildman–Crippen MR) is 68.0 cm³/mol. The highest BCUT2D eigenvalue weighted by molar-refractivity contribution is 5.92. The Balaban J connectivity index is 1.89. The number of H-pyrrole nitrogens is 1. The summed E-state index contributed by atoms with van der Waals surface area (Å²) in [5, 5.41) is 4.48. The molecule has 90 valence electrons. The number of fused-ring (bicyclic) bond motifs is 1. The van der Waals surface area contributed by atoms with Gasteiger partial charge in [-0.1, -0.05) is 18.2 Å². The molecule has 1 heterocycles. The van der Waals surface area contributed by atoms with Crippen LogP contribution < -0.4 is 5.32 Å². The fraction of sp³-hybridized carbons (Fsp3) is 0.308. The molecule has 0 atom stereocenters. The first-order valence-electron chi connectivity index (χ1n) is 5.68. The molecule has 0 saturated carbocycles. The first-order valence-corrected chi connectivity index (χ1v) is 5.68. The van der Waals surface area contributed by atoms with E-state index in [9.17, 15) is 4.79 Å². The van der Waals surface area contributed by atoms with Gasteiger partial charge >= 0.3 is 5.97 Å². The van der Waals surface area contributed by atoms with Crippen molar-refractivity contribution in [1.82, 2.24) is 4.98 Å². The van der Waals surface area contributed by atoms with E-state index >= 15 is 0 Å². The molecule has 0 bridgehead atoms. The van der Waals surface area contributed by atoms with Crippen LogP contribution in [-0.4, -0.2) is 24.6 Å². The van der Waals surface area contributed by atoms with Crippen LogP contribution in [0.15, 0.2) is 30.5 Å². The highest BCUT2D eigenvalue weighted by Gasteiger charge is 2.03. The summed E-state index contributed by atoms with van der Waals surface area (Å²) in [6.45, 7) is 0.761. The number of hydrogen-bond donors (Lipinski definition) is 2. The van der Waals surface area contributed by atoms with Gasteiger partial charge in [-0.2, -0.15) is 0 Å². The Labute approximate surface area is 100.0 Å². The highest BCUT2D eigenvalue weighted by Crippen LogP contribution is 2.22. The van der Waals surface area contributed by atoms with Crippen LogP contribution in [-0.2, 0) is 9.53 Å². The lowest BCUT2D eigenvalue weighted by molar-refractivity contribution is -0.140. The van der Waals surface area contributed by atoms with Crippen LogP contribution in [0.5, 0.6) is 0 Å². The predicted octanol–water partition coefficient (Wildman–Crippen LogP) is 2.53. The second kappa shape index (κ2) is 5.39. The zero-order chi connectivity index (χ0) is 12.1. The minimum atomic E-state index is -0.161.